The lowest BCUT2D eigenvalue weighted by Crippen LogP contribution is -2.45. The van der Waals surface area contributed by atoms with Gasteiger partial charge < -0.3 is 15.1 Å². The highest BCUT2D eigenvalue weighted by Gasteiger charge is 2.24. The van der Waals surface area contributed by atoms with E-state index < -0.39 is 0 Å². The first-order valence-electron chi connectivity index (χ1n) is 9.59. The topological polar surface area (TPSA) is 52.7 Å². The van der Waals surface area contributed by atoms with Gasteiger partial charge in [-0.05, 0) is 44.2 Å². The molecule has 5 nitrogen and oxygen atoms in total. The smallest absolute Gasteiger partial charge is 0.222 e. The molecule has 0 saturated carbocycles. The molecule has 0 aromatic heterocycles. The van der Waals surface area contributed by atoms with Crippen molar-refractivity contribution in [2.45, 2.75) is 51.0 Å². The third kappa shape index (κ3) is 5.21. The fraction of sp³-hybridized carbons (Fsp3) is 0.600. The number of hydrogen-bond acceptors (Lipinski definition) is 3. The fourth-order valence-corrected chi connectivity index (χ4v) is 3.77. The third-order valence-corrected chi connectivity index (χ3v) is 5.16. The molecular weight excluding hydrogens is 314 g/mol. The molecule has 0 radical (unpaired) electrons. The van der Waals surface area contributed by atoms with E-state index >= 15 is 0 Å². The van der Waals surface area contributed by atoms with Crippen molar-refractivity contribution in [3.8, 4) is 0 Å². The van der Waals surface area contributed by atoms with Crippen LogP contribution in [0.3, 0.4) is 0 Å². The second-order valence-electron chi connectivity index (χ2n) is 7.13. The molecule has 0 spiro atoms. The molecule has 1 aromatic carbocycles. The summed E-state index contributed by atoms with van der Waals surface area (Å²) in [4.78, 5) is 28.2. The van der Waals surface area contributed by atoms with Gasteiger partial charge in [0.2, 0.25) is 11.8 Å². The Bertz CT molecular complexity index is 576. The van der Waals surface area contributed by atoms with Crippen molar-refractivity contribution in [3.63, 3.8) is 0 Å². The largest absolute Gasteiger partial charge is 0.381 e. The van der Waals surface area contributed by atoms with Gasteiger partial charge in [0.15, 0.2) is 0 Å². The minimum atomic E-state index is 0.226. The molecule has 0 aliphatic carbocycles. The summed E-state index contributed by atoms with van der Waals surface area (Å²) in [6.45, 7) is 3.22. The lowest BCUT2D eigenvalue weighted by atomic mass is 10.0. The highest BCUT2D eigenvalue weighted by molar-refractivity contribution is 5.77. The van der Waals surface area contributed by atoms with Gasteiger partial charge in [0.25, 0.3) is 0 Å². The molecule has 0 bridgehead atoms. The number of nitrogens with one attached hydrogen (secondary N) is 1. The van der Waals surface area contributed by atoms with Crippen LogP contribution in [0.2, 0.25) is 0 Å². The van der Waals surface area contributed by atoms with E-state index in [0.717, 1.165) is 64.0 Å². The Hall–Kier alpha value is -2.04. The molecule has 1 atom stereocenters. The first kappa shape index (κ1) is 17.8. The summed E-state index contributed by atoms with van der Waals surface area (Å²) in [6.07, 6.45) is 6.24. The van der Waals surface area contributed by atoms with Gasteiger partial charge in [-0.2, -0.15) is 0 Å². The van der Waals surface area contributed by atoms with Crippen LogP contribution in [0.4, 0.5) is 5.69 Å². The van der Waals surface area contributed by atoms with Gasteiger partial charge in [-0.15, -0.1) is 0 Å². The normalized spacial score (nSPS) is 21.3. The highest BCUT2D eigenvalue weighted by atomic mass is 16.2. The maximum absolute atomic E-state index is 12.5. The summed E-state index contributed by atoms with van der Waals surface area (Å²) < 4.78 is 0. The number of carbonyl (C=O) groups excluding carboxylic acids is 2. The van der Waals surface area contributed by atoms with E-state index in [1.807, 2.05) is 28.0 Å². The molecule has 0 unspecified atom stereocenters. The van der Waals surface area contributed by atoms with Crippen molar-refractivity contribution >= 4 is 17.5 Å². The van der Waals surface area contributed by atoms with Crippen molar-refractivity contribution in [3.05, 3.63) is 30.3 Å². The van der Waals surface area contributed by atoms with Gasteiger partial charge >= 0.3 is 0 Å². The zero-order valence-corrected chi connectivity index (χ0v) is 15.0. The van der Waals surface area contributed by atoms with Crippen LogP contribution < -0.4 is 5.32 Å². The van der Waals surface area contributed by atoms with Crippen molar-refractivity contribution in [2.24, 2.45) is 0 Å². The highest BCUT2D eigenvalue weighted by Crippen LogP contribution is 2.17. The molecule has 2 saturated heterocycles. The van der Waals surface area contributed by atoms with Crippen molar-refractivity contribution in [1.29, 1.82) is 0 Å². The third-order valence-electron chi connectivity index (χ3n) is 5.16. The first-order chi connectivity index (χ1) is 12.2. The number of hydrogen-bond donors (Lipinski definition) is 1. The van der Waals surface area contributed by atoms with Crippen LogP contribution in [-0.2, 0) is 9.59 Å². The van der Waals surface area contributed by atoms with Crippen molar-refractivity contribution in [1.82, 2.24) is 9.80 Å². The Morgan fingerprint density at radius 2 is 1.96 bits per heavy atom. The van der Waals surface area contributed by atoms with E-state index in [1.165, 1.54) is 0 Å². The minimum absolute atomic E-state index is 0.226. The molecule has 2 fully saturated rings. The predicted octanol–water partition coefficient (Wildman–Crippen LogP) is 2.88. The second kappa shape index (κ2) is 8.88. The Morgan fingerprint density at radius 1 is 1.12 bits per heavy atom. The molecule has 1 N–H and O–H groups in total. The monoisotopic (exact) mass is 343 g/mol. The maximum atomic E-state index is 12.5. The fourth-order valence-electron chi connectivity index (χ4n) is 3.77. The molecule has 1 aromatic rings. The van der Waals surface area contributed by atoms with Gasteiger partial charge in [-0.25, -0.2) is 0 Å². The van der Waals surface area contributed by atoms with E-state index in [-0.39, 0.29) is 11.8 Å². The maximum Gasteiger partial charge on any atom is 0.222 e. The summed E-state index contributed by atoms with van der Waals surface area (Å²) in [5, 5.41) is 3.53. The molecule has 2 heterocycles. The number of nitrogens with zero attached hydrogens (tertiary/aromatic N) is 2. The molecule has 136 valence electrons. The van der Waals surface area contributed by atoms with E-state index in [0.29, 0.717) is 18.9 Å². The van der Waals surface area contributed by atoms with Crippen molar-refractivity contribution in [2.75, 3.05) is 31.5 Å². The Labute approximate surface area is 150 Å². The minimum Gasteiger partial charge on any atom is -0.381 e. The second-order valence-corrected chi connectivity index (χ2v) is 7.13. The lowest BCUT2D eigenvalue weighted by Gasteiger charge is -2.34. The number of benzene rings is 1. The Morgan fingerprint density at radius 3 is 2.76 bits per heavy atom. The van der Waals surface area contributed by atoms with Crippen LogP contribution >= 0.6 is 0 Å². The van der Waals surface area contributed by atoms with E-state index in [4.69, 9.17) is 0 Å². The predicted molar refractivity (Wildman–Crippen MR) is 99.3 cm³/mol. The quantitative estimate of drug-likeness (QED) is 0.864. The first-order valence-corrected chi connectivity index (χ1v) is 9.59. The van der Waals surface area contributed by atoms with Gasteiger partial charge in [-0.1, -0.05) is 18.2 Å². The van der Waals surface area contributed by atoms with Crippen LogP contribution in [-0.4, -0.2) is 53.8 Å². The SMILES string of the molecule is O=C1CCCCN1CCCC(=O)N1CCC[C@H](Nc2ccccc2)C1. The van der Waals surface area contributed by atoms with Gasteiger partial charge in [0.1, 0.15) is 0 Å². The molecule has 2 aliphatic rings. The van der Waals surface area contributed by atoms with Crippen LogP contribution in [0, 0.1) is 0 Å². The van der Waals surface area contributed by atoms with Gasteiger partial charge in [0, 0.05) is 50.7 Å². The molecule has 5 heteroatoms. The van der Waals surface area contributed by atoms with E-state index in [2.05, 4.69) is 17.4 Å². The Kier molecular flexibility index (Phi) is 6.31. The number of carbonyl (C=O) groups is 2. The number of rotatable bonds is 6. The summed E-state index contributed by atoms with van der Waals surface area (Å²) >= 11 is 0. The molecule has 2 aliphatic heterocycles. The average Bonchev–Trinajstić information content (AvgIpc) is 2.64. The number of para-hydroxylation sites is 1. The molecule has 3 rings (SSSR count). The summed E-state index contributed by atoms with van der Waals surface area (Å²) in [6, 6.07) is 10.5. The summed E-state index contributed by atoms with van der Waals surface area (Å²) in [5.74, 6) is 0.479. The molecule has 2 amide bonds. The van der Waals surface area contributed by atoms with Crippen LogP contribution in [0.5, 0.6) is 0 Å². The standard InChI is InChI=1S/C20H29N3O2/c24-19-11-4-5-13-22(19)14-7-12-20(25)23-15-6-10-18(16-23)21-17-8-2-1-3-9-17/h1-3,8-9,18,21H,4-7,10-16H2/t18-/m0/s1. The molecular formula is C20H29N3O2. The number of likely N-dealkylation sites (tertiary alicyclic amines) is 2. The van der Waals surface area contributed by atoms with E-state index in [9.17, 15) is 9.59 Å². The summed E-state index contributed by atoms with van der Waals surface area (Å²) in [7, 11) is 0. The van der Waals surface area contributed by atoms with E-state index in [1.54, 1.807) is 0 Å². The Balaban J connectivity index is 1.41. The van der Waals surface area contributed by atoms with Crippen LogP contribution in [0.1, 0.15) is 44.9 Å². The number of piperidine rings is 2. The average molecular weight is 343 g/mol. The zero-order valence-electron chi connectivity index (χ0n) is 15.0. The molecule has 25 heavy (non-hydrogen) atoms. The summed E-state index contributed by atoms with van der Waals surface area (Å²) in [5.41, 5.74) is 1.12. The lowest BCUT2D eigenvalue weighted by molar-refractivity contribution is -0.135. The van der Waals surface area contributed by atoms with Gasteiger partial charge in [-0.3, -0.25) is 9.59 Å². The number of amides is 2. The van der Waals surface area contributed by atoms with Crippen molar-refractivity contribution < 1.29 is 9.59 Å². The number of anilines is 1. The zero-order chi connectivity index (χ0) is 17.5. The van der Waals surface area contributed by atoms with Crippen LogP contribution in [0.15, 0.2) is 30.3 Å². The van der Waals surface area contributed by atoms with Gasteiger partial charge in [0.05, 0.1) is 0 Å². The van der Waals surface area contributed by atoms with Crippen LogP contribution in [0.25, 0.3) is 0 Å².